The van der Waals surface area contributed by atoms with Crippen LogP contribution in [0, 0.1) is 6.92 Å². The largest absolute Gasteiger partial charge is 0.507 e. The molecule has 3 rings (SSSR count). The molecule has 0 radical (unpaired) electrons. The van der Waals surface area contributed by atoms with Crippen LogP contribution in [0.2, 0.25) is 0 Å². The molecular formula is C15H12O5. The van der Waals surface area contributed by atoms with Crippen LogP contribution in [-0.2, 0) is 0 Å². The summed E-state index contributed by atoms with van der Waals surface area (Å²) in [6, 6.07) is 6.42. The molecule has 0 atom stereocenters. The van der Waals surface area contributed by atoms with Crippen molar-refractivity contribution in [3.05, 3.63) is 40.4 Å². The summed E-state index contributed by atoms with van der Waals surface area (Å²) in [7, 11) is 1.49. The van der Waals surface area contributed by atoms with Crippen molar-refractivity contribution < 1.29 is 19.4 Å². The van der Waals surface area contributed by atoms with E-state index in [-0.39, 0.29) is 22.3 Å². The van der Waals surface area contributed by atoms with E-state index < -0.39 is 5.63 Å². The molecular weight excluding hydrogens is 260 g/mol. The third kappa shape index (κ3) is 1.67. The minimum atomic E-state index is -0.630. The lowest BCUT2D eigenvalue weighted by molar-refractivity contribution is 0.409. The molecule has 5 nitrogen and oxygen atoms in total. The topological polar surface area (TPSA) is 79.9 Å². The molecule has 1 aromatic heterocycles. The first kappa shape index (κ1) is 12.3. The number of rotatable bonds is 1. The molecule has 0 aliphatic rings. The first-order chi connectivity index (χ1) is 9.51. The summed E-state index contributed by atoms with van der Waals surface area (Å²) in [5.41, 5.74) is -0.630. The predicted octanol–water partition coefficient (Wildman–Crippen LogP) is 2.67. The van der Waals surface area contributed by atoms with Gasteiger partial charge in [-0.3, -0.25) is 0 Å². The molecule has 2 aromatic carbocycles. The van der Waals surface area contributed by atoms with Gasteiger partial charge in [-0.25, -0.2) is 4.79 Å². The van der Waals surface area contributed by atoms with Gasteiger partial charge in [0.25, 0.3) is 0 Å². The summed E-state index contributed by atoms with van der Waals surface area (Å²) in [5.74, 6) is 0.479. The van der Waals surface area contributed by atoms with Gasteiger partial charge < -0.3 is 19.4 Å². The second-order valence-electron chi connectivity index (χ2n) is 4.58. The number of ether oxygens (including phenoxy) is 1. The number of hydrogen-bond acceptors (Lipinski definition) is 5. The second-order valence-corrected chi connectivity index (χ2v) is 4.58. The normalized spacial score (nSPS) is 11.1. The van der Waals surface area contributed by atoms with Crippen LogP contribution in [0.15, 0.2) is 33.5 Å². The van der Waals surface area contributed by atoms with E-state index in [9.17, 15) is 15.0 Å². The lowest BCUT2D eigenvalue weighted by atomic mass is 10.0. The Morgan fingerprint density at radius 3 is 2.45 bits per heavy atom. The van der Waals surface area contributed by atoms with Crippen molar-refractivity contribution in [1.82, 2.24) is 0 Å². The molecule has 5 heteroatoms. The number of aromatic hydroxyl groups is 2. The number of benzene rings is 2. The minimum Gasteiger partial charge on any atom is -0.507 e. The van der Waals surface area contributed by atoms with Crippen LogP contribution >= 0.6 is 0 Å². The van der Waals surface area contributed by atoms with Crippen molar-refractivity contribution in [2.24, 2.45) is 0 Å². The van der Waals surface area contributed by atoms with Crippen LogP contribution in [0.25, 0.3) is 21.5 Å². The van der Waals surface area contributed by atoms with E-state index in [0.717, 1.165) is 0 Å². The van der Waals surface area contributed by atoms with Crippen LogP contribution in [0.3, 0.4) is 0 Å². The Morgan fingerprint density at radius 1 is 1.05 bits per heavy atom. The van der Waals surface area contributed by atoms with Crippen molar-refractivity contribution in [3.63, 3.8) is 0 Å². The Balaban J connectivity index is 2.57. The van der Waals surface area contributed by atoms with Gasteiger partial charge in [0.05, 0.1) is 12.5 Å². The highest BCUT2D eigenvalue weighted by atomic mass is 16.5. The van der Waals surface area contributed by atoms with Gasteiger partial charge in [0.1, 0.15) is 28.4 Å². The standard InChI is InChI=1S/C15H12O5/c1-7-3-8-4-9-5-10(19-2)6-11(16)12(9)14(17)13(8)15(18)20-7/h3-6,16-17H,1-2H3. The highest BCUT2D eigenvalue weighted by molar-refractivity contribution is 6.07. The molecule has 0 saturated heterocycles. The van der Waals surface area contributed by atoms with E-state index in [0.29, 0.717) is 22.3 Å². The first-order valence-electron chi connectivity index (χ1n) is 5.98. The number of phenols is 2. The monoisotopic (exact) mass is 272 g/mol. The van der Waals surface area contributed by atoms with Crippen molar-refractivity contribution in [2.45, 2.75) is 6.92 Å². The zero-order valence-electron chi connectivity index (χ0n) is 10.9. The fourth-order valence-corrected chi connectivity index (χ4v) is 2.39. The SMILES string of the molecule is COc1cc(O)c2c(O)c3c(=O)oc(C)cc3cc2c1. The van der Waals surface area contributed by atoms with Gasteiger partial charge >= 0.3 is 5.63 Å². The molecule has 0 aliphatic heterocycles. The summed E-state index contributed by atoms with van der Waals surface area (Å²) in [6.45, 7) is 1.66. The Kier molecular flexibility index (Phi) is 2.57. The Hall–Kier alpha value is -2.69. The molecule has 3 aromatic rings. The maximum absolute atomic E-state index is 11.9. The molecule has 0 amide bonds. The van der Waals surface area contributed by atoms with Gasteiger partial charge in [0.15, 0.2) is 0 Å². The molecule has 20 heavy (non-hydrogen) atoms. The van der Waals surface area contributed by atoms with E-state index in [1.807, 2.05) is 0 Å². The predicted molar refractivity (Wildman–Crippen MR) is 74.6 cm³/mol. The minimum absolute atomic E-state index is 0.0589. The van der Waals surface area contributed by atoms with E-state index in [1.54, 1.807) is 25.1 Å². The van der Waals surface area contributed by atoms with Gasteiger partial charge in [-0.05, 0) is 35.9 Å². The lowest BCUT2D eigenvalue weighted by Gasteiger charge is -2.09. The zero-order valence-corrected chi connectivity index (χ0v) is 10.9. The fraction of sp³-hybridized carbons (Fsp3) is 0.133. The van der Waals surface area contributed by atoms with E-state index >= 15 is 0 Å². The van der Waals surface area contributed by atoms with E-state index in [2.05, 4.69) is 0 Å². The van der Waals surface area contributed by atoms with Gasteiger partial charge in [-0.15, -0.1) is 0 Å². The number of methoxy groups -OCH3 is 1. The van der Waals surface area contributed by atoms with Crippen LogP contribution < -0.4 is 10.4 Å². The average molecular weight is 272 g/mol. The average Bonchev–Trinajstić information content (AvgIpc) is 2.36. The summed E-state index contributed by atoms with van der Waals surface area (Å²) in [5, 5.41) is 21.7. The highest BCUT2D eigenvalue weighted by Crippen LogP contribution is 2.40. The van der Waals surface area contributed by atoms with Crippen molar-refractivity contribution in [3.8, 4) is 17.2 Å². The van der Waals surface area contributed by atoms with Gasteiger partial charge in [-0.2, -0.15) is 0 Å². The molecule has 0 aliphatic carbocycles. The second kappa shape index (κ2) is 4.16. The number of hydrogen-bond donors (Lipinski definition) is 2. The van der Waals surface area contributed by atoms with E-state index in [1.165, 1.54) is 13.2 Å². The summed E-state index contributed by atoms with van der Waals surface area (Å²) in [4.78, 5) is 11.9. The van der Waals surface area contributed by atoms with Crippen LogP contribution in [0.5, 0.6) is 17.2 Å². The van der Waals surface area contributed by atoms with Crippen molar-refractivity contribution >= 4 is 21.5 Å². The number of aryl methyl sites for hydroxylation is 1. The molecule has 0 fully saturated rings. The maximum atomic E-state index is 11.9. The van der Waals surface area contributed by atoms with Crippen LogP contribution in [0.4, 0.5) is 0 Å². The molecule has 0 unspecified atom stereocenters. The molecule has 2 N–H and O–H groups in total. The number of phenolic OH excluding ortho intramolecular Hbond substituents is 2. The van der Waals surface area contributed by atoms with Gasteiger partial charge in [-0.1, -0.05) is 0 Å². The first-order valence-corrected chi connectivity index (χ1v) is 5.98. The summed E-state index contributed by atoms with van der Waals surface area (Å²) < 4.78 is 10.1. The highest BCUT2D eigenvalue weighted by Gasteiger charge is 2.15. The van der Waals surface area contributed by atoms with Gasteiger partial charge in [0.2, 0.25) is 0 Å². The Labute approximate surface area is 113 Å². The number of fused-ring (bicyclic) bond motifs is 2. The molecule has 1 heterocycles. The smallest absolute Gasteiger partial charge is 0.347 e. The maximum Gasteiger partial charge on any atom is 0.347 e. The van der Waals surface area contributed by atoms with Crippen molar-refractivity contribution in [1.29, 1.82) is 0 Å². The Morgan fingerprint density at radius 2 is 1.75 bits per heavy atom. The summed E-state index contributed by atoms with van der Waals surface area (Å²) >= 11 is 0. The molecule has 0 saturated carbocycles. The molecule has 0 bridgehead atoms. The molecule has 0 spiro atoms. The zero-order chi connectivity index (χ0) is 14.4. The summed E-state index contributed by atoms with van der Waals surface area (Å²) in [6.07, 6.45) is 0. The third-order valence-electron chi connectivity index (χ3n) is 3.25. The third-order valence-corrected chi connectivity index (χ3v) is 3.25. The fourth-order valence-electron chi connectivity index (χ4n) is 2.39. The Bertz CT molecular complexity index is 892. The van der Waals surface area contributed by atoms with Gasteiger partial charge in [0, 0.05) is 6.07 Å². The van der Waals surface area contributed by atoms with Crippen LogP contribution in [-0.4, -0.2) is 17.3 Å². The van der Waals surface area contributed by atoms with Crippen LogP contribution in [0.1, 0.15) is 5.76 Å². The lowest BCUT2D eigenvalue weighted by Crippen LogP contribution is -2.01. The quantitative estimate of drug-likeness (QED) is 0.666. The molecule has 102 valence electrons. The van der Waals surface area contributed by atoms with Crippen molar-refractivity contribution in [2.75, 3.05) is 7.11 Å². The van der Waals surface area contributed by atoms with E-state index in [4.69, 9.17) is 9.15 Å².